The monoisotopic (exact) mass is 348 g/mol. The summed E-state index contributed by atoms with van der Waals surface area (Å²) < 4.78 is 0. The molecule has 2 N–H and O–H groups in total. The topological polar surface area (TPSA) is 87.7 Å². The number of hydrogen-bond donors (Lipinski definition) is 2. The van der Waals surface area contributed by atoms with Crippen LogP contribution in [0, 0.1) is 20.8 Å². The molecule has 0 saturated carbocycles. The Labute approximate surface area is 151 Å². The lowest BCUT2D eigenvalue weighted by molar-refractivity contribution is 0.0941. The predicted octanol–water partition coefficient (Wildman–Crippen LogP) is 2.61. The molecular weight excluding hydrogens is 328 g/mol. The minimum Gasteiger partial charge on any atom is -0.341 e. The zero-order chi connectivity index (χ0) is 18.7. The van der Waals surface area contributed by atoms with Gasteiger partial charge in [0.1, 0.15) is 11.4 Å². The van der Waals surface area contributed by atoms with Gasteiger partial charge in [0.15, 0.2) is 0 Å². The van der Waals surface area contributed by atoms with E-state index in [2.05, 4.69) is 20.3 Å². The van der Waals surface area contributed by atoms with Crippen molar-refractivity contribution < 1.29 is 4.79 Å². The summed E-state index contributed by atoms with van der Waals surface area (Å²) >= 11 is 0. The van der Waals surface area contributed by atoms with Gasteiger partial charge in [-0.1, -0.05) is 24.3 Å². The molecule has 0 unspecified atom stereocenters. The number of carbonyl (C=O) groups excluding carboxylic acids is 1. The lowest BCUT2D eigenvalue weighted by Gasteiger charge is -2.20. The first-order valence-corrected chi connectivity index (χ1v) is 8.29. The summed E-state index contributed by atoms with van der Waals surface area (Å²) in [6, 6.07) is 9.31. The zero-order valence-electron chi connectivity index (χ0n) is 14.9. The van der Waals surface area contributed by atoms with Crippen molar-refractivity contribution >= 4 is 5.91 Å². The lowest BCUT2D eigenvalue weighted by Crippen LogP contribution is -2.33. The first-order valence-electron chi connectivity index (χ1n) is 8.29. The maximum absolute atomic E-state index is 12.7. The number of rotatable bonds is 4. The molecule has 0 aliphatic rings. The Balaban J connectivity index is 1.99. The van der Waals surface area contributed by atoms with Crippen molar-refractivity contribution in [2.24, 2.45) is 0 Å². The average molecular weight is 348 g/mol. The highest BCUT2D eigenvalue weighted by atomic mass is 16.2. The number of nitrogens with one attached hydrogen (secondary N) is 2. The van der Waals surface area contributed by atoms with Crippen LogP contribution >= 0.6 is 0 Å². The first-order chi connectivity index (χ1) is 12.5. The number of benzene rings is 1. The number of aromatic nitrogens is 3. The van der Waals surface area contributed by atoms with Crippen LogP contribution in [0.5, 0.6) is 0 Å². The Hall–Kier alpha value is -3.28. The molecule has 6 nitrogen and oxygen atoms in total. The van der Waals surface area contributed by atoms with E-state index in [4.69, 9.17) is 0 Å². The van der Waals surface area contributed by atoms with Crippen molar-refractivity contribution in [1.29, 1.82) is 0 Å². The van der Waals surface area contributed by atoms with Crippen molar-refractivity contribution in [3.05, 3.63) is 92.9 Å². The van der Waals surface area contributed by atoms with Gasteiger partial charge in [0, 0.05) is 18.6 Å². The zero-order valence-corrected chi connectivity index (χ0v) is 14.9. The molecule has 132 valence electrons. The number of nitrogens with zero attached hydrogens (tertiary/aromatic N) is 2. The summed E-state index contributed by atoms with van der Waals surface area (Å²) in [6.07, 6.45) is 4.68. The molecule has 6 heteroatoms. The van der Waals surface area contributed by atoms with Crippen LogP contribution in [0.2, 0.25) is 0 Å². The molecule has 2 heterocycles. The van der Waals surface area contributed by atoms with Gasteiger partial charge in [0.05, 0.1) is 6.04 Å². The minimum absolute atomic E-state index is 0.0201. The van der Waals surface area contributed by atoms with Crippen LogP contribution in [-0.4, -0.2) is 20.9 Å². The standard InChI is InChI=1S/C20H20N4O2/c1-12-6-7-15(9-13(12)2)18(16-5-4-8-21-10-16)24-20(26)17-11-22-14(3)23-19(17)25/h4-11,18H,1-3H3,(H,24,26)(H,22,23,25)/t18-/m0/s1. The highest BCUT2D eigenvalue weighted by Gasteiger charge is 2.20. The molecule has 1 amide bonds. The highest BCUT2D eigenvalue weighted by molar-refractivity contribution is 5.94. The quantitative estimate of drug-likeness (QED) is 0.759. The van der Waals surface area contributed by atoms with Gasteiger partial charge in [-0.15, -0.1) is 0 Å². The fourth-order valence-electron chi connectivity index (χ4n) is 2.70. The van der Waals surface area contributed by atoms with E-state index in [9.17, 15) is 9.59 Å². The number of hydrogen-bond acceptors (Lipinski definition) is 4. The lowest BCUT2D eigenvalue weighted by atomic mass is 9.96. The average Bonchev–Trinajstić information content (AvgIpc) is 2.62. The van der Waals surface area contributed by atoms with E-state index in [1.54, 1.807) is 19.3 Å². The normalized spacial score (nSPS) is 11.8. The third kappa shape index (κ3) is 3.69. The number of aryl methyl sites for hydroxylation is 3. The number of carbonyl (C=O) groups is 1. The molecular formula is C20H20N4O2. The largest absolute Gasteiger partial charge is 0.341 e. The van der Waals surface area contributed by atoms with Gasteiger partial charge in [-0.25, -0.2) is 4.98 Å². The smallest absolute Gasteiger partial charge is 0.263 e. The third-order valence-electron chi connectivity index (χ3n) is 4.33. The molecule has 26 heavy (non-hydrogen) atoms. The van der Waals surface area contributed by atoms with Crippen LogP contribution in [0.3, 0.4) is 0 Å². The van der Waals surface area contributed by atoms with Gasteiger partial charge < -0.3 is 10.3 Å². The van der Waals surface area contributed by atoms with Crippen LogP contribution in [-0.2, 0) is 0 Å². The fourth-order valence-corrected chi connectivity index (χ4v) is 2.70. The van der Waals surface area contributed by atoms with E-state index in [0.29, 0.717) is 5.82 Å². The van der Waals surface area contributed by atoms with Gasteiger partial charge >= 0.3 is 0 Å². The molecule has 0 bridgehead atoms. The van der Waals surface area contributed by atoms with E-state index < -0.39 is 17.5 Å². The second kappa shape index (κ2) is 7.31. The molecule has 0 saturated heterocycles. The number of pyridine rings is 1. The van der Waals surface area contributed by atoms with E-state index in [0.717, 1.165) is 16.7 Å². The summed E-state index contributed by atoms with van der Waals surface area (Å²) in [6.45, 7) is 5.72. The molecule has 0 aliphatic carbocycles. The molecule has 3 rings (SSSR count). The Kier molecular flexibility index (Phi) is 4.93. The van der Waals surface area contributed by atoms with E-state index in [1.165, 1.54) is 11.8 Å². The Morgan fingerprint density at radius 1 is 1.08 bits per heavy atom. The Bertz CT molecular complexity index is 996. The first kappa shape index (κ1) is 17.5. The molecule has 1 atom stereocenters. The second-order valence-corrected chi connectivity index (χ2v) is 6.25. The second-order valence-electron chi connectivity index (χ2n) is 6.25. The third-order valence-corrected chi connectivity index (χ3v) is 4.33. The van der Waals surface area contributed by atoms with Crippen molar-refractivity contribution in [1.82, 2.24) is 20.3 Å². The number of amides is 1. The van der Waals surface area contributed by atoms with Crippen molar-refractivity contribution in [2.75, 3.05) is 0 Å². The van der Waals surface area contributed by atoms with Crippen LogP contribution < -0.4 is 10.9 Å². The molecule has 2 aromatic heterocycles. The van der Waals surface area contributed by atoms with Crippen LogP contribution in [0.1, 0.15) is 44.5 Å². The van der Waals surface area contributed by atoms with Gasteiger partial charge in [-0.05, 0) is 49.1 Å². The maximum atomic E-state index is 12.7. The molecule has 0 radical (unpaired) electrons. The van der Waals surface area contributed by atoms with E-state index in [-0.39, 0.29) is 5.56 Å². The highest BCUT2D eigenvalue weighted by Crippen LogP contribution is 2.24. The molecule has 0 aliphatic heterocycles. The number of aromatic amines is 1. The van der Waals surface area contributed by atoms with Gasteiger partial charge in [0.25, 0.3) is 11.5 Å². The Morgan fingerprint density at radius 2 is 1.88 bits per heavy atom. The van der Waals surface area contributed by atoms with Crippen molar-refractivity contribution in [2.45, 2.75) is 26.8 Å². The van der Waals surface area contributed by atoms with Crippen molar-refractivity contribution in [3.8, 4) is 0 Å². The van der Waals surface area contributed by atoms with Crippen molar-refractivity contribution in [3.63, 3.8) is 0 Å². The fraction of sp³-hybridized carbons (Fsp3) is 0.200. The molecule has 0 spiro atoms. The molecule has 1 aromatic carbocycles. The van der Waals surface area contributed by atoms with Gasteiger partial charge in [-0.3, -0.25) is 14.6 Å². The van der Waals surface area contributed by atoms with Gasteiger partial charge in [-0.2, -0.15) is 0 Å². The van der Waals surface area contributed by atoms with Gasteiger partial charge in [0.2, 0.25) is 0 Å². The Morgan fingerprint density at radius 3 is 2.54 bits per heavy atom. The van der Waals surface area contributed by atoms with Crippen LogP contribution in [0.25, 0.3) is 0 Å². The van der Waals surface area contributed by atoms with Crippen LogP contribution in [0.15, 0.2) is 53.7 Å². The SMILES string of the molecule is Cc1ncc(C(=O)N[C@H](c2cccnc2)c2ccc(C)c(C)c2)c(=O)[nH]1. The summed E-state index contributed by atoms with van der Waals surface area (Å²) in [4.78, 5) is 35.5. The summed E-state index contributed by atoms with van der Waals surface area (Å²) in [5.74, 6) is -0.0182. The van der Waals surface area contributed by atoms with E-state index >= 15 is 0 Å². The molecule has 0 fully saturated rings. The number of H-pyrrole nitrogens is 1. The maximum Gasteiger partial charge on any atom is 0.263 e. The van der Waals surface area contributed by atoms with E-state index in [1.807, 2.05) is 44.2 Å². The summed E-state index contributed by atoms with van der Waals surface area (Å²) in [7, 11) is 0. The summed E-state index contributed by atoms with van der Waals surface area (Å²) in [5, 5.41) is 2.93. The minimum atomic E-state index is -0.481. The molecule has 3 aromatic rings. The predicted molar refractivity (Wildman–Crippen MR) is 99.1 cm³/mol. The summed E-state index contributed by atoms with van der Waals surface area (Å²) in [5.41, 5.74) is 3.57. The van der Waals surface area contributed by atoms with Crippen LogP contribution in [0.4, 0.5) is 0 Å².